The minimum Gasteiger partial charge on any atom is -0.358 e. The predicted octanol–water partition coefficient (Wildman–Crippen LogP) is 11.4. The molecule has 2 atom stereocenters. The molecule has 0 fully saturated rings. The second kappa shape index (κ2) is 15.0. The monoisotopic (exact) mass is 777 g/mol. The van der Waals surface area contributed by atoms with Gasteiger partial charge in [0, 0.05) is 31.2 Å². The Kier molecular flexibility index (Phi) is 11.9. The van der Waals surface area contributed by atoms with E-state index in [4.69, 9.17) is 9.05 Å². The average Bonchev–Trinajstić information content (AvgIpc) is 3.19. The van der Waals surface area contributed by atoms with E-state index in [1.54, 1.807) is 0 Å². The Balaban J connectivity index is 0.00000132. The van der Waals surface area contributed by atoms with Crippen LogP contribution < -0.4 is 9.05 Å². The molecule has 0 spiro atoms. The van der Waals surface area contributed by atoms with Gasteiger partial charge in [-0.15, -0.1) is 4.67 Å². The van der Waals surface area contributed by atoms with Crippen LogP contribution in [-0.2, 0) is 20.1 Å². The molecule has 0 saturated heterocycles. The van der Waals surface area contributed by atoms with Crippen LogP contribution in [0.5, 0.6) is 11.5 Å². The number of hydrogen-bond acceptors (Lipinski definition) is 3. The molecule has 6 aromatic carbocycles. The topological polar surface area (TPSA) is 21.7 Å². The molecule has 6 aromatic rings. The van der Waals surface area contributed by atoms with E-state index >= 15 is 0 Å². The second-order valence-corrected chi connectivity index (χ2v) is 11.7. The van der Waals surface area contributed by atoms with Crippen LogP contribution in [0, 0.1) is 29.2 Å². The Labute approximate surface area is 278 Å². The summed E-state index contributed by atoms with van der Waals surface area (Å²) in [6.07, 6.45) is 0. The summed E-state index contributed by atoms with van der Waals surface area (Å²) < 4.78 is 16.4. The molecule has 0 aromatic heterocycles. The first-order valence-electron chi connectivity index (χ1n) is 13.7. The number of rotatable bonds is 5. The summed E-state index contributed by atoms with van der Waals surface area (Å²) in [5.74, 6) is 1.68. The third kappa shape index (κ3) is 6.32. The van der Waals surface area contributed by atoms with Gasteiger partial charge in [-0.3, -0.25) is 9.05 Å². The molecule has 0 saturated carbocycles. The molecule has 0 aliphatic carbocycles. The molecular weight excluding hydrogens is 738 g/mol. The van der Waals surface area contributed by atoms with E-state index in [9.17, 15) is 0 Å². The van der Waals surface area contributed by atoms with Crippen LogP contribution in [0.25, 0.3) is 32.7 Å². The molecule has 0 bridgehead atoms. The van der Waals surface area contributed by atoms with Crippen LogP contribution >= 0.6 is 8.53 Å². The van der Waals surface area contributed by atoms with E-state index in [1.807, 2.05) is 6.07 Å². The average molecular weight is 777 g/mol. The molecule has 0 amide bonds. The van der Waals surface area contributed by atoms with Crippen molar-refractivity contribution in [3.05, 3.63) is 174 Å². The van der Waals surface area contributed by atoms with E-state index in [0.717, 1.165) is 39.0 Å². The Morgan fingerprint density at radius 2 is 0.955 bits per heavy atom. The van der Waals surface area contributed by atoms with Crippen molar-refractivity contribution in [3.8, 4) is 22.6 Å². The number of hydrogen-bond donors (Lipinski definition) is 0. The maximum atomic E-state index is 7.01. The van der Waals surface area contributed by atoms with Crippen molar-refractivity contribution in [2.75, 3.05) is 0 Å². The first-order chi connectivity index (χ1) is 19.7. The maximum absolute atomic E-state index is 7.01. The summed E-state index contributed by atoms with van der Waals surface area (Å²) in [7, 11) is -2.10. The van der Waals surface area contributed by atoms with Crippen LogP contribution in [0.15, 0.2) is 133 Å². The second-order valence-electron chi connectivity index (χ2n) is 10.2. The summed E-state index contributed by atoms with van der Waals surface area (Å²) in [6.45, 7) is 6.88. The van der Waals surface area contributed by atoms with Crippen LogP contribution in [0.3, 0.4) is 0 Å². The zero-order valence-electron chi connectivity index (χ0n) is 25.7. The Bertz CT molecular complexity index is 1680. The first kappa shape index (κ1) is 35.0. The van der Waals surface area contributed by atoms with Gasteiger partial charge in [-0.25, -0.2) is 0 Å². The van der Waals surface area contributed by atoms with Gasteiger partial charge in [0.1, 0.15) is 0 Å². The van der Waals surface area contributed by atoms with Gasteiger partial charge in [0.05, 0.1) is 6.04 Å². The van der Waals surface area contributed by atoms with Crippen molar-refractivity contribution in [1.82, 2.24) is 4.67 Å². The van der Waals surface area contributed by atoms with Gasteiger partial charge in [-0.1, -0.05) is 127 Å². The molecule has 0 unspecified atom stereocenters. The molecule has 229 valence electrons. The Hall–Kier alpha value is -3.52. The quantitative estimate of drug-likeness (QED) is 0.129. The zero-order valence-corrected chi connectivity index (χ0v) is 29.1. The molecule has 7 rings (SSSR count). The van der Waals surface area contributed by atoms with Gasteiger partial charge >= 0.3 is 8.53 Å². The van der Waals surface area contributed by atoms with Gasteiger partial charge in [0.2, 0.25) is 0 Å². The first-order valence-corrected chi connectivity index (χ1v) is 14.9. The van der Waals surface area contributed by atoms with Crippen LogP contribution in [0.4, 0.5) is 0 Å². The fourth-order valence-corrected chi connectivity index (χ4v) is 7.62. The van der Waals surface area contributed by atoms with Gasteiger partial charge in [0.15, 0.2) is 11.5 Å². The molecule has 1 aliphatic rings. The van der Waals surface area contributed by atoms with Crippen LogP contribution in [0.2, 0.25) is 0 Å². The van der Waals surface area contributed by atoms with Crippen molar-refractivity contribution in [2.45, 2.75) is 19.0 Å². The smallest absolute Gasteiger partial charge is 0.358 e. The van der Waals surface area contributed by atoms with Gasteiger partial charge < -0.3 is 29.2 Å². The summed E-state index contributed by atoms with van der Waals surface area (Å²) in [6, 6.07) is 46.3. The molecule has 5 heteroatoms. The largest absolute Gasteiger partial charge is 0.425 e. The van der Waals surface area contributed by atoms with Crippen molar-refractivity contribution < 1.29 is 29.2 Å². The molecule has 44 heavy (non-hydrogen) atoms. The Morgan fingerprint density at radius 1 is 0.545 bits per heavy atom. The summed E-state index contributed by atoms with van der Waals surface area (Å²) in [4.78, 5) is 0. The predicted molar refractivity (Wildman–Crippen MR) is 187 cm³/mol. The van der Waals surface area contributed by atoms with Crippen LogP contribution in [0.1, 0.15) is 30.1 Å². The Morgan fingerprint density at radius 3 is 1.43 bits per heavy atom. The van der Waals surface area contributed by atoms with E-state index < -0.39 is 8.53 Å². The fraction of sp³-hybridized carbons (Fsp3) is 0.0769. The fourth-order valence-electron chi connectivity index (χ4n) is 5.79. The van der Waals surface area contributed by atoms with Crippen molar-refractivity contribution in [2.24, 2.45) is 0 Å². The third-order valence-electron chi connectivity index (χ3n) is 7.86. The number of fused-ring (bicyclic) bond motifs is 7. The number of nitrogens with zero attached hydrogens (tertiary/aromatic N) is 1. The number of benzene rings is 6. The van der Waals surface area contributed by atoms with E-state index in [-0.39, 0.29) is 54.5 Å². The van der Waals surface area contributed by atoms with Gasteiger partial charge in [-0.05, 0) is 52.2 Å². The maximum Gasteiger partial charge on any atom is 0.425 e. The minimum atomic E-state index is -2.10. The van der Waals surface area contributed by atoms with Gasteiger partial charge in [0.25, 0.3) is 0 Å². The normalized spacial score (nSPS) is 13.2. The van der Waals surface area contributed by atoms with Crippen molar-refractivity contribution in [3.63, 3.8) is 0 Å². The molecule has 0 N–H and O–H groups in total. The van der Waals surface area contributed by atoms with Crippen molar-refractivity contribution in [1.29, 1.82) is 0 Å². The van der Waals surface area contributed by atoms with E-state index in [2.05, 4.69) is 146 Å². The molecule has 1 aliphatic heterocycles. The standard InChI is InChI=1S/C36H29NO2P.3CH3.Ir/c1-25(27-13-5-3-6-14-27)37(26(2)28-15-7-4-8-16-28)40-38-33-23-21-29-17-9-11-19-31(29)35(33)36-32-20-12-10-18-30(32)22-24-34(36)39-40;;;;/h3-26H,1H2,2H3;3*1H3;/q4*-1;/p+1/t25-,26-;;;;/m1..../s1. The molecule has 1 radical (unpaired) electrons. The summed E-state index contributed by atoms with van der Waals surface area (Å²) >= 11 is 0. The van der Waals surface area contributed by atoms with E-state index in [0.29, 0.717) is 0 Å². The van der Waals surface area contributed by atoms with E-state index in [1.165, 1.54) is 16.3 Å². The summed E-state index contributed by atoms with van der Waals surface area (Å²) in [5.41, 5.74) is 4.48. The molecular formula is C39H39IrNO2P-3. The van der Waals surface area contributed by atoms with Gasteiger partial charge in [-0.2, -0.15) is 0 Å². The van der Waals surface area contributed by atoms with Crippen molar-refractivity contribution >= 4 is 30.1 Å². The molecule has 3 nitrogen and oxygen atoms in total. The van der Waals surface area contributed by atoms with Crippen LogP contribution in [-0.4, -0.2) is 4.67 Å². The SMILES string of the molecule is [CH2-][C@H](c1ccccc1)N([C@H](C)c1ccccc1)[PH+]1Oc2ccc3ccccc3c2-c2c(ccc3ccccc23)O1.[CH3-].[CH3-].[CH3-].[Ir]. The minimum absolute atomic E-state index is 0. The molecule has 1 heterocycles. The zero-order chi connectivity index (χ0) is 27.1. The summed E-state index contributed by atoms with van der Waals surface area (Å²) in [5, 5.41) is 4.66. The third-order valence-corrected chi connectivity index (χ3v) is 9.77.